The fourth-order valence-corrected chi connectivity index (χ4v) is 7.25. The molecule has 1 spiro atoms. The molecule has 2 aliphatic carbocycles. The molecule has 2 amide bonds. The lowest BCUT2D eigenvalue weighted by atomic mass is 9.65. The van der Waals surface area contributed by atoms with Crippen LogP contribution in [0.5, 0.6) is 0 Å². The number of carbonyl (C=O) groups is 2. The maximum Gasteiger partial charge on any atom is 0.256 e. The number of carbonyl (C=O) groups excluding carboxylic acids is 2. The second-order valence-electron chi connectivity index (χ2n) is 11.3. The fourth-order valence-electron chi connectivity index (χ4n) is 7.25. The predicted molar refractivity (Wildman–Crippen MR) is 126 cm³/mol. The lowest BCUT2D eigenvalue weighted by Crippen LogP contribution is -2.64. The minimum Gasteiger partial charge on any atom is -0.387 e. The molecule has 0 aromatic carbocycles. The van der Waals surface area contributed by atoms with Crippen LogP contribution in [0.2, 0.25) is 0 Å². The Bertz CT molecular complexity index is 890. The van der Waals surface area contributed by atoms with E-state index in [2.05, 4.69) is 16.8 Å². The van der Waals surface area contributed by atoms with Gasteiger partial charge in [0.2, 0.25) is 5.91 Å². The van der Waals surface area contributed by atoms with Crippen LogP contribution in [0.1, 0.15) is 93.6 Å². The fraction of sp³-hybridized carbons (Fsp3) is 0.741. The number of nitrogens with zero attached hydrogens (tertiary/aromatic N) is 3. The number of amides is 2. The molecule has 0 bridgehead atoms. The van der Waals surface area contributed by atoms with Crippen LogP contribution in [0.25, 0.3) is 0 Å². The molecule has 3 fully saturated rings. The third kappa shape index (κ3) is 4.20. The molecule has 1 unspecified atom stereocenters. The minimum atomic E-state index is -0.954. The summed E-state index contributed by atoms with van der Waals surface area (Å²) >= 11 is 0. The van der Waals surface area contributed by atoms with Crippen LogP contribution >= 0.6 is 0 Å². The monoisotopic (exact) mass is 453 g/mol. The number of piperidine rings is 1. The zero-order valence-corrected chi connectivity index (χ0v) is 20.1. The molecular formula is C27H39N3O3. The van der Waals surface area contributed by atoms with Crippen LogP contribution in [0.3, 0.4) is 0 Å². The average Bonchev–Trinajstić information content (AvgIpc) is 3.42. The number of likely N-dealkylation sites (tertiary alicyclic amines) is 1. The molecule has 2 aliphatic heterocycles. The van der Waals surface area contributed by atoms with Gasteiger partial charge in [-0.05, 0) is 43.7 Å². The van der Waals surface area contributed by atoms with Crippen molar-refractivity contribution in [2.45, 2.75) is 89.7 Å². The Labute approximate surface area is 197 Å². The number of rotatable bonds is 5. The van der Waals surface area contributed by atoms with Crippen molar-refractivity contribution in [3.63, 3.8) is 0 Å². The van der Waals surface area contributed by atoms with Gasteiger partial charge in [-0.2, -0.15) is 0 Å². The van der Waals surface area contributed by atoms with E-state index in [1.165, 1.54) is 32.1 Å². The van der Waals surface area contributed by atoms with Gasteiger partial charge in [0.25, 0.3) is 5.91 Å². The van der Waals surface area contributed by atoms with Crippen LogP contribution in [-0.4, -0.2) is 56.9 Å². The third-order valence-corrected chi connectivity index (χ3v) is 9.18. The highest BCUT2D eigenvalue weighted by Crippen LogP contribution is 2.52. The van der Waals surface area contributed by atoms with Gasteiger partial charge in [0.1, 0.15) is 0 Å². The molecule has 5 rings (SSSR count). The first-order chi connectivity index (χ1) is 15.9. The lowest BCUT2D eigenvalue weighted by molar-refractivity contribution is -0.163. The van der Waals surface area contributed by atoms with E-state index in [9.17, 15) is 14.7 Å². The van der Waals surface area contributed by atoms with Crippen LogP contribution in [0, 0.1) is 17.3 Å². The van der Waals surface area contributed by atoms with E-state index in [4.69, 9.17) is 0 Å². The van der Waals surface area contributed by atoms with Crippen LogP contribution in [-0.2, 0) is 11.3 Å². The topological polar surface area (TPSA) is 73.7 Å². The molecule has 2 atom stereocenters. The summed E-state index contributed by atoms with van der Waals surface area (Å²) < 4.78 is 0. The van der Waals surface area contributed by atoms with Gasteiger partial charge in [0.15, 0.2) is 0 Å². The second-order valence-corrected chi connectivity index (χ2v) is 11.3. The Morgan fingerprint density at radius 3 is 2.67 bits per heavy atom. The molecule has 6 nitrogen and oxygen atoms in total. The third-order valence-electron chi connectivity index (χ3n) is 9.18. The largest absolute Gasteiger partial charge is 0.387 e. The van der Waals surface area contributed by atoms with Crippen LogP contribution < -0.4 is 0 Å². The average molecular weight is 454 g/mol. The molecule has 0 radical (unpaired) electrons. The quantitative estimate of drug-likeness (QED) is 0.726. The number of β-amino-alcohol motifs (C(OH)–C–C–N with tert-alkyl or cyclic N) is 1. The van der Waals surface area contributed by atoms with Crippen molar-refractivity contribution in [3.8, 4) is 0 Å². The van der Waals surface area contributed by atoms with Crippen molar-refractivity contribution in [1.82, 2.24) is 14.8 Å². The smallest absolute Gasteiger partial charge is 0.256 e. The minimum absolute atomic E-state index is 0.0284. The predicted octanol–water partition coefficient (Wildman–Crippen LogP) is 4.17. The number of pyridine rings is 1. The van der Waals surface area contributed by atoms with Crippen molar-refractivity contribution in [2.75, 3.05) is 19.6 Å². The lowest BCUT2D eigenvalue weighted by Gasteiger charge is -2.53. The second kappa shape index (κ2) is 9.01. The highest BCUT2D eigenvalue weighted by Gasteiger charge is 2.56. The van der Waals surface area contributed by atoms with Crippen LogP contribution in [0.15, 0.2) is 18.3 Å². The first-order valence-corrected chi connectivity index (χ1v) is 13.2. The summed E-state index contributed by atoms with van der Waals surface area (Å²) in [6.45, 7) is 4.12. The Kier molecular flexibility index (Phi) is 6.23. The van der Waals surface area contributed by atoms with Crippen molar-refractivity contribution in [2.24, 2.45) is 17.3 Å². The molecule has 1 N–H and O–H groups in total. The number of hydrogen-bond donors (Lipinski definition) is 1. The van der Waals surface area contributed by atoms with Gasteiger partial charge in [-0.3, -0.25) is 14.6 Å². The maximum absolute atomic E-state index is 13.4. The summed E-state index contributed by atoms with van der Waals surface area (Å²) in [5, 5.41) is 12.0. The summed E-state index contributed by atoms with van der Waals surface area (Å²) in [7, 11) is 0. The van der Waals surface area contributed by atoms with Gasteiger partial charge in [-0.1, -0.05) is 51.9 Å². The van der Waals surface area contributed by atoms with Gasteiger partial charge >= 0.3 is 0 Å². The Morgan fingerprint density at radius 2 is 1.94 bits per heavy atom. The zero-order chi connectivity index (χ0) is 23.1. The first kappa shape index (κ1) is 22.8. The van der Waals surface area contributed by atoms with E-state index in [0.29, 0.717) is 44.1 Å². The van der Waals surface area contributed by atoms with E-state index in [1.807, 2.05) is 6.07 Å². The van der Waals surface area contributed by atoms with E-state index in [0.717, 1.165) is 37.8 Å². The molecule has 1 aromatic heterocycles. The molecule has 6 heteroatoms. The van der Waals surface area contributed by atoms with Crippen molar-refractivity contribution >= 4 is 11.8 Å². The van der Waals surface area contributed by atoms with Crippen molar-refractivity contribution in [1.29, 1.82) is 0 Å². The standard InChI is InChI=1S/C27H39N3O3/c1-20(16-21-8-3-2-4-9-21)24(31)29-15-13-27(33,26(18-29)11-5-6-12-26)19-30-17-23-22(25(30)32)10-7-14-28-23/h7,10,14,20-21,33H,2-6,8-9,11-13,15-19H2,1H3/t20-,27?/m1/s1. The Hall–Kier alpha value is -1.95. The maximum atomic E-state index is 13.4. The van der Waals surface area contributed by atoms with Gasteiger partial charge < -0.3 is 14.9 Å². The summed E-state index contributed by atoms with van der Waals surface area (Å²) in [6.07, 6.45) is 13.8. The highest BCUT2D eigenvalue weighted by atomic mass is 16.3. The summed E-state index contributed by atoms with van der Waals surface area (Å²) in [4.78, 5) is 34.6. The van der Waals surface area contributed by atoms with Gasteiger partial charge in [-0.15, -0.1) is 0 Å². The summed E-state index contributed by atoms with van der Waals surface area (Å²) in [5.74, 6) is 0.983. The van der Waals surface area contributed by atoms with E-state index >= 15 is 0 Å². The molecule has 180 valence electrons. The number of aromatic nitrogens is 1. The summed E-state index contributed by atoms with van der Waals surface area (Å²) in [5.41, 5.74) is 0.194. The molecule has 33 heavy (non-hydrogen) atoms. The van der Waals surface area contributed by atoms with Gasteiger partial charge in [-0.25, -0.2) is 0 Å². The van der Waals surface area contributed by atoms with Gasteiger partial charge in [0.05, 0.1) is 29.9 Å². The SMILES string of the molecule is C[C@H](CC1CCCCC1)C(=O)N1CCC(O)(CN2Cc3ncccc3C2=O)C2(CCCC2)C1. The summed E-state index contributed by atoms with van der Waals surface area (Å²) in [6, 6.07) is 3.63. The van der Waals surface area contributed by atoms with Crippen molar-refractivity contribution in [3.05, 3.63) is 29.6 Å². The van der Waals surface area contributed by atoms with Gasteiger partial charge in [0, 0.05) is 30.6 Å². The molecule has 1 saturated heterocycles. The van der Waals surface area contributed by atoms with Crippen LogP contribution in [0.4, 0.5) is 0 Å². The van der Waals surface area contributed by atoms with E-state index < -0.39 is 5.60 Å². The van der Waals surface area contributed by atoms with E-state index in [-0.39, 0.29) is 23.1 Å². The number of hydrogen-bond acceptors (Lipinski definition) is 4. The Morgan fingerprint density at radius 1 is 1.18 bits per heavy atom. The highest BCUT2D eigenvalue weighted by molar-refractivity contribution is 5.97. The molecule has 2 saturated carbocycles. The number of fused-ring (bicyclic) bond motifs is 1. The van der Waals surface area contributed by atoms with E-state index in [1.54, 1.807) is 17.2 Å². The Balaban J connectivity index is 1.28. The molecule has 1 aromatic rings. The van der Waals surface area contributed by atoms with Crippen molar-refractivity contribution < 1.29 is 14.7 Å². The zero-order valence-electron chi connectivity index (χ0n) is 20.1. The molecule has 4 aliphatic rings. The molecular weight excluding hydrogens is 414 g/mol. The normalized spacial score (nSPS) is 28.4. The number of aliphatic hydroxyl groups is 1. The molecule has 3 heterocycles. The first-order valence-electron chi connectivity index (χ1n) is 13.2.